The first-order chi connectivity index (χ1) is 9.74. The van der Waals surface area contributed by atoms with Crippen molar-refractivity contribution in [2.75, 3.05) is 11.1 Å². The SMILES string of the molecule is Nc1cc(Cl)ccc1Nc1ccc(OC(F)(F)F)c(Br)c1. The number of anilines is 3. The quantitative estimate of drug-likeness (QED) is 0.707. The van der Waals surface area contributed by atoms with Crippen molar-refractivity contribution in [2.24, 2.45) is 0 Å². The van der Waals surface area contributed by atoms with E-state index in [2.05, 4.69) is 26.0 Å². The molecular weight excluding hydrogens is 373 g/mol. The Morgan fingerprint density at radius 2 is 1.86 bits per heavy atom. The minimum Gasteiger partial charge on any atom is -0.405 e. The summed E-state index contributed by atoms with van der Waals surface area (Å²) in [5, 5.41) is 3.47. The van der Waals surface area contributed by atoms with Gasteiger partial charge in [-0.3, -0.25) is 0 Å². The van der Waals surface area contributed by atoms with Gasteiger partial charge in [0.2, 0.25) is 0 Å². The molecule has 0 aliphatic rings. The van der Waals surface area contributed by atoms with Gasteiger partial charge in [-0.05, 0) is 52.3 Å². The molecule has 0 aliphatic carbocycles. The molecule has 3 N–H and O–H groups in total. The fourth-order valence-electron chi connectivity index (χ4n) is 1.59. The van der Waals surface area contributed by atoms with Gasteiger partial charge in [0.05, 0.1) is 15.8 Å². The molecule has 0 radical (unpaired) electrons. The van der Waals surface area contributed by atoms with Gasteiger partial charge in [0.15, 0.2) is 0 Å². The molecule has 0 aromatic heterocycles. The van der Waals surface area contributed by atoms with E-state index in [1.54, 1.807) is 18.2 Å². The molecule has 0 aliphatic heterocycles. The maximum Gasteiger partial charge on any atom is 0.573 e. The molecule has 2 aromatic rings. The molecule has 21 heavy (non-hydrogen) atoms. The van der Waals surface area contributed by atoms with Crippen LogP contribution in [-0.2, 0) is 0 Å². The average molecular weight is 382 g/mol. The van der Waals surface area contributed by atoms with Crippen LogP contribution in [0.5, 0.6) is 5.75 Å². The van der Waals surface area contributed by atoms with Gasteiger partial charge in [-0.2, -0.15) is 0 Å². The number of nitrogen functional groups attached to an aromatic ring is 1. The first-order valence-corrected chi connectivity index (χ1v) is 6.79. The van der Waals surface area contributed by atoms with E-state index < -0.39 is 6.36 Å². The summed E-state index contributed by atoms with van der Waals surface area (Å²) in [4.78, 5) is 0. The lowest BCUT2D eigenvalue weighted by molar-refractivity contribution is -0.274. The Labute approximate surface area is 132 Å². The van der Waals surface area contributed by atoms with E-state index in [1.165, 1.54) is 18.2 Å². The van der Waals surface area contributed by atoms with E-state index in [9.17, 15) is 13.2 Å². The zero-order chi connectivity index (χ0) is 15.6. The van der Waals surface area contributed by atoms with Crippen LogP contribution in [0.25, 0.3) is 0 Å². The average Bonchev–Trinajstić information content (AvgIpc) is 2.35. The summed E-state index contributed by atoms with van der Waals surface area (Å²) in [6.45, 7) is 0. The monoisotopic (exact) mass is 380 g/mol. The van der Waals surface area contributed by atoms with Crippen molar-refractivity contribution >= 4 is 44.6 Å². The first-order valence-electron chi connectivity index (χ1n) is 5.62. The highest BCUT2D eigenvalue weighted by atomic mass is 79.9. The van der Waals surface area contributed by atoms with Gasteiger partial charge in [-0.1, -0.05) is 11.6 Å². The third kappa shape index (κ3) is 4.44. The van der Waals surface area contributed by atoms with Crippen LogP contribution in [0.4, 0.5) is 30.2 Å². The lowest BCUT2D eigenvalue weighted by atomic mass is 10.2. The summed E-state index contributed by atoms with van der Waals surface area (Å²) < 4.78 is 40.5. The Kier molecular flexibility index (Phi) is 4.53. The number of ether oxygens (including phenoxy) is 1. The van der Waals surface area contributed by atoms with Crippen molar-refractivity contribution in [2.45, 2.75) is 6.36 Å². The van der Waals surface area contributed by atoms with E-state index in [1.807, 2.05) is 0 Å². The highest BCUT2D eigenvalue weighted by Gasteiger charge is 2.31. The summed E-state index contributed by atoms with van der Waals surface area (Å²) in [5.41, 5.74) is 7.35. The van der Waals surface area contributed by atoms with Gasteiger partial charge in [-0.25, -0.2) is 0 Å². The van der Waals surface area contributed by atoms with Crippen LogP contribution in [0, 0.1) is 0 Å². The Morgan fingerprint density at radius 1 is 1.14 bits per heavy atom. The first kappa shape index (κ1) is 15.8. The molecule has 0 spiro atoms. The van der Waals surface area contributed by atoms with Crippen molar-refractivity contribution < 1.29 is 17.9 Å². The molecule has 0 atom stereocenters. The van der Waals surface area contributed by atoms with Crippen molar-refractivity contribution in [3.63, 3.8) is 0 Å². The second-order valence-electron chi connectivity index (χ2n) is 4.05. The van der Waals surface area contributed by atoms with Crippen LogP contribution in [0.3, 0.4) is 0 Å². The third-order valence-corrected chi connectivity index (χ3v) is 3.30. The zero-order valence-electron chi connectivity index (χ0n) is 10.3. The fourth-order valence-corrected chi connectivity index (χ4v) is 2.23. The van der Waals surface area contributed by atoms with Crippen molar-refractivity contribution in [3.8, 4) is 5.75 Å². The third-order valence-electron chi connectivity index (χ3n) is 2.45. The molecule has 8 heteroatoms. The summed E-state index contributed by atoms with van der Waals surface area (Å²) in [6.07, 6.45) is -4.74. The Balaban J connectivity index is 2.20. The van der Waals surface area contributed by atoms with E-state index in [-0.39, 0.29) is 10.2 Å². The molecular formula is C13H9BrClF3N2O. The molecule has 2 rings (SSSR count). The Bertz CT molecular complexity index is 664. The van der Waals surface area contributed by atoms with Crippen LogP contribution in [0.2, 0.25) is 5.02 Å². The van der Waals surface area contributed by atoms with Crippen molar-refractivity contribution in [1.29, 1.82) is 0 Å². The van der Waals surface area contributed by atoms with Crippen molar-refractivity contribution in [3.05, 3.63) is 45.9 Å². The maximum atomic E-state index is 12.2. The number of alkyl halides is 3. The molecule has 112 valence electrons. The molecule has 0 bridgehead atoms. The van der Waals surface area contributed by atoms with E-state index in [0.717, 1.165) is 0 Å². The van der Waals surface area contributed by atoms with Crippen LogP contribution in [0.1, 0.15) is 0 Å². The molecule has 0 unspecified atom stereocenters. The number of hydrogen-bond donors (Lipinski definition) is 2. The molecule has 0 saturated carbocycles. The van der Waals surface area contributed by atoms with E-state index in [0.29, 0.717) is 22.1 Å². The van der Waals surface area contributed by atoms with Crippen molar-refractivity contribution in [1.82, 2.24) is 0 Å². The number of hydrogen-bond acceptors (Lipinski definition) is 3. The zero-order valence-corrected chi connectivity index (χ0v) is 12.7. The Hall–Kier alpha value is -1.60. The molecule has 0 heterocycles. The van der Waals surface area contributed by atoms with Gasteiger partial charge in [0, 0.05) is 10.7 Å². The van der Waals surface area contributed by atoms with Gasteiger partial charge < -0.3 is 15.8 Å². The van der Waals surface area contributed by atoms with Gasteiger partial charge in [0.25, 0.3) is 0 Å². The summed E-state index contributed by atoms with van der Waals surface area (Å²) in [7, 11) is 0. The minimum absolute atomic E-state index is 0.164. The normalized spacial score (nSPS) is 11.3. The number of halogens is 5. The topological polar surface area (TPSA) is 47.3 Å². The molecule has 0 saturated heterocycles. The number of nitrogens with one attached hydrogen (secondary N) is 1. The molecule has 0 fully saturated rings. The second-order valence-corrected chi connectivity index (χ2v) is 5.34. The van der Waals surface area contributed by atoms with Gasteiger partial charge >= 0.3 is 6.36 Å². The van der Waals surface area contributed by atoms with Crippen LogP contribution in [-0.4, -0.2) is 6.36 Å². The van der Waals surface area contributed by atoms with E-state index in [4.69, 9.17) is 17.3 Å². The predicted octanol–water partition coefficient (Wildman–Crippen LogP) is 5.33. The van der Waals surface area contributed by atoms with Gasteiger partial charge in [-0.15, -0.1) is 13.2 Å². The smallest absolute Gasteiger partial charge is 0.405 e. The highest BCUT2D eigenvalue weighted by molar-refractivity contribution is 9.10. The number of nitrogens with two attached hydrogens (primary N) is 1. The van der Waals surface area contributed by atoms with Crippen LogP contribution >= 0.6 is 27.5 Å². The standard InChI is InChI=1S/C13H9BrClF3N2O/c14-9-6-8(2-4-12(9)21-13(16,17)18)20-11-3-1-7(15)5-10(11)19/h1-6,20H,19H2. The largest absolute Gasteiger partial charge is 0.573 e. The molecule has 2 aromatic carbocycles. The summed E-state index contributed by atoms with van der Waals surface area (Å²) >= 11 is 8.82. The molecule has 3 nitrogen and oxygen atoms in total. The number of benzene rings is 2. The van der Waals surface area contributed by atoms with Crippen LogP contribution < -0.4 is 15.8 Å². The van der Waals surface area contributed by atoms with Crippen LogP contribution in [0.15, 0.2) is 40.9 Å². The predicted molar refractivity (Wildman–Crippen MR) is 80.0 cm³/mol. The maximum absolute atomic E-state index is 12.2. The lowest BCUT2D eigenvalue weighted by Crippen LogP contribution is -2.17. The van der Waals surface area contributed by atoms with Gasteiger partial charge in [0.1, 0.15) is 5.75 Å². The second kappa shape index (κ2) is 6.03. The minimum atomic E-state index is -4.74. The highest BCUT2D eigenvalue weighted by Crippen LogP contribution is 2.34. The number of rotatable bonds is 3. The lowest BCUT2D eigenvalue weighted by Gasteiger charge is -2.13. The summed E-state index contributed by atoms with van der Waals surface area (Å²) in [5.74, 6) is -0.322. The van der Waals surface area contributed by atoms with E-state index >= 15 is 0 Å². The molecule has 0 amide bonds. The Morgan fingerprint density at radius 3 is 2.43 bits per heavy atom. The fraction of sp³-hybridized carbons (Fsp3) is 0.0769. The summed E-state index contributed by atoms with van der Waals surface area (Å²) in [6, 6.07) is 8.99.